The number of carbonyl (C=O) groups is 2. The second-order valence-corrected chi connectivity index (χ2v) is 8.16. The van der Waals surface area contributed by atoms with Crippen molar-refractivity contribution in [2.75, 3.05) is 5.32 Å². The summed E-state index contributed by atoms with van der Waals surface area (Å²) in [4.78, 5) is 30.9. The summed E-state index contributed by atoms with van der Waals surface area (Å²) in [5.74, 6) is 0.0931. The van der Waals surface area contributed by atoms with Gasteiger partial charge < -0.3 is 9.88 Å². The molecule has 1 aromatic heterocycles. The Kier molecular flexibility index (Phi) is 6.29. The number of hydrogen-bond acceptors (Lipinski definition) is 4. The van der Waals surface area contributed by atoms with Gasteiger partial charge in [0.2, 0.25) is 11.7 Å². The smallest absolute Gasteiger partial charge is 0.242 e. The van der Waals surface area contributed by atoms with Gasteiger partial charge in [-0.15, -0.1) is 11.8 Å². The van der Waals surface area contributed by atoms with Crippen LogP contribution in [-0.2, 0) is 11.8 Å². The SMILES string of the molecule is Cn1ccnc1C(=O)c1ccc(NC(=O)[C@@H](Sc2ccccc2)c2ccccc2)cc1. The molecule has 0 saturated carbocycles. The number of nitrogens with zero attached hydrogens (tertiary/aromatic N) is 2. The van der Waals surface area contributed by atoms with Crippen molar-refractivity contribution in [3.05, 3.63) is 114 Å². The zero-order valence-electron chi connectivity index (χ0n) is 16.9. The van der Waals surface area contributed by atoms with Crippen LogP contribution in [0.1, 0.15) is 27.0 Å². The fourth-order valence-corrected chi connectivity index (χ4v) is 4.21. The van der Waals surface area contributed by atoms with E-state index in [9.17, 15) is 9.59 Å². The monoisotopic (exact) mass is 427 g/mol. The fourth-order valence-electron chi connectivity index (χ4n) is 3.16. The van der Waals surface area contributed by atoms with Crippen molar-refractivity contribution in [1.29, 1.82) is 0 Å². The van der Waals surface area contributed by atoms with Gasteiger partial charge in [-0.1, -0.05) is 48.5 Å². The third-order valence-corrected chi connectivity index (χ3v) is 6.04. The average Bonchev–Trinajstić information content (AvgIpc) is 3.24. The number of benzene rings is 3. The molecule has 3 aromatic carbocycles. The molecule has 4 rings (SSSR count). The lowest BCUT2D eigenvalue weighted by Gasteiger charge is -2.17. The summed E-state index contributed by atoms with van der Waals surface area (Å²) in [7, 11) is 1.78. The number of aromatic nitrogens is 2. The molecule has 1 amide bonds. The molecular weight excluding hydrogens is 406 g/mol. The third-order valence-electron chi connectivity index (χ3n) is 4.78. The predicted molar refractivity (Wildman–Crippen MR) is 123 cm³/mol. The summed E-state index contributed by atoms with van der Waals surface area (Å²) in [6.45, 7) is 0. The minimum absolute atomic E-state index is 0.122. The zero-order chi connectivity index (χ0) is 21.6. The van der Waals surface area contributed by atoms with Crippen molar-refractivity contribution in [3.8, 4) is 0 Å². The molecule has 1 heterocycles. The Balaban J connectivity index is 1.52. The minimum atomic E-state index is -0.405. The fraction of sp³-hybridized carbons (Fsp3) is 0.0800. The highest BCUT2D eigenvalue weighted by molar-refractivity contribution is 8.00. The molecule has 5 nitrogen and oxygen atoms in total. The Hall–Kier alpha value is -3.64. The molecule has 0 aliphatic carbocycles. The molecule has 1 N–H and O–H groups in total. The van der Waals surface area contributed by atoms with Crippen LogP contribution in [0.5, 0.6) is 0 Å². The van der Waals surface area contributed by atoms with Gasteiger partial charge >= 0.3 is 0 Å². The summed E-state index contributed by atoms with van der Waals surface area (Å²) < 4.78 is 1.68. The lowest BCUT2D eigenvalue weighted by molar-refractivity contribution is -0.115. The molecule has 0 aliphatic heterocycles. The van der Waals surface area contributed by atoms with Gasteiger partial charge in [0.25, 0.3) is 0 Å². The lowest BCUT2D eigenvalue weighted by atomic mass is 10.1. The summed E-state index contributed by atoms with van der Waals surface area (Å²) in [5, 5.41) is 2.58. The van der Waals surface area contributed by atoms with E-state index in [1.807, 2.05) is 60.7 Å². The molecule has 0 bridgehead atoms. The van der Waals surface area contributed by atoms with Gasteiger partial charge in [-0.25, -0.2) is 4.98 Å². The molecule has 31 heavy (non-hydrogen) atoms. The summed E-state index contributed by atoms with van der Waals surface area (Å²) >= 11 is 1.50. The average molecular weight is 428 g/mol. The number of carbonyl (C=O) groups excluding carboxylic acids is 2. The number of imidazole rings is 1. The van der Waals surface area contributed by atoms with E-state index >= 15 is 0 Å². The van der Waals surface area contributed by atoms with Gasteiger partial charge in [0.05, 0.1) is 0 Å². The van der Waals surface area contributed by atoms with Crippen LogP contribution in [0.25, 0.3) is 0 Å². The standard InChI is InChI=1S/C25H21N3O2S/c1-28-17-16-26-24(28)22(29)18-12-14-20(15-13-18)27-25(30)23(19-8-4-2-5-9-19)31-21-10-6-3-7-11-21/h2-17,23H,1H3,(H,27,30)/t23-/m0/s1. The van der Waals surface area contributed by atoms with Crippen LogP contribution in [0.2, 0.25) is 0 Å². The van der Waals surface area contributed by atoms with Crippen LogP contribution < -0.4 is 5.32 Å². The Morgan fingerprint density at radius 3 is 2.16 bits per heavy atom. The van der Waals surface area contributed by atoms with E-state index in [-0.39, 0.29) is 11.7 Å². The van der Waals surface area contributed by atoms with Crippen molar-refractivity contribution < 1.29 is 9.59 Å². The van der Waals surface area contributed by atoms with E-state index in [2.05, 4.69) is 10.3 Å². The number of nitrogens with one attached hydrogen (secondary N) is 1. The number of rotatable bonds is 7. The van der Waals surface area contributed by atoms with Crippen LogP contribution in [0.3, 0.4) is 0 Å². The Morgan fingerprint density at radius 1 is 0.903 bits per heavy atom. The van der Waals surface area contributed by atoms with Crippen molar-refractivity contribution in [3.63, 3.8) is 0 Å². The van der Waals surface area contributed by atoms with E-state index in [4.69, 9.17) is 0 Å². The zero-order valence-corrected chi connectivity index (χ0v) is 17.8. The van der Waals surface area contributed by atoms with Gasteiger partial charge in [-0.3, -0.25) is 9.59 Å². The Bertz CT molecular complexity index is 1170. The topological polar surface area (TPSA) is 64.0 Å². The first-order valence-corrected chi connectivity index (χ1v) is 10.7. The number of anilines is 1. The molecule has 0 fully saturated rings. The summed E-state index contributed by atoms with van der Waals surface area (Å²) in [6.07, 6.45) is 3.33. The quantitative estimate of drug-likeness (QED) is 0.328. The summed E-state index contributed by atoms with van der Waals surface area (Å²) in [6, 6.07) is 26.4. The van der Waals surface area contributed by atoms with Crippen LogP contribution in [0.15, 0.2) is 102 Å². The Morgan fingerprint density at radius 2 is 1.55 bits per heavy atom. The predicted octanol–water partition coefficient (Wildman–Crippen LogP) is 5.12. The summed E-state index contributed by atoms with van der Waals surface area (Å²) in [5.41, 5.74) is 2.08. The maximum Gasteiger partial charge on any atom is 0.242 e. The number of amides is 1. The minimum Gasteiger partial charge on any atom is -0.331 e. The number of ketones is 1. The van der Waals surface area contributed by atoms with Crippen molar-refractivity contribution in [2.45, 2.75) is 10.1 Å². The second-order valence-electron chi connectivity index (χ2n) is 6.98. The molecule has 4 aromatic rings. The van der Waals surface area contributed by atoms with Gasteiger partial charge in [0.1, 0.15) is 5.25 Å². The van der Waals surface area contributed by atoms with E-state index < -0.39 is 5.25 Å². The number of thioether (sulfide) groups is 1. The van der Waals surface area contributed by atoms with E-state index in [0.29, 0.717) is 17.1 Å². The van der Waals surface area contributed by atoms with Crippen molar-refractivity contribution in [1.82, 2.24) is 9.55 Å². The highest BCUT2D eigenvalue weighted by Crippen LogP contribution is 2.36. The molecule has 1 atom stereocenters. The first kappa shape index (κ1) is 20.6. The highest BCUT2D eigenvalue weighted by atomic mass is 32.2. The Labute approximate surface area is 185 Å². The third kappa shape index (κ3) is 4.92. The lowest BCUT2D eigenvalue weighted by Crippen LogP contribution is -2.19. The molecule has 0 aliphatic rings. The number of aryl methyl sites for hydroxylation is 1. The van der Waals surface area contributed by atoms with Gasteiger partial charge in [-0.05, 0) is 42.0 Å². The normalized spacial score (nSPS) is 11.6. The van der Waals surface area contributed by atoms with Crippen LogP contribution >= 0.6 is 11.8 Å². The largest absolute Gasteiger partial charge is 0.331 e. The van der Waals surface area contributed by atoms with Crippen molar-refractivity contribution in [2.24, 2.45) is 7.05 Å². The van der Waals surface area contributed by atoms with Gasteiger partial charge in [-0.2, -0.15) is 0 Å². The first-order chi connectivity index (χ1) is 15.1. The van der Waals surface area contributed by atoms with Gasteiger partial charge in [0, 0.05) is 35.6 Å². The number of hydrogen-bond donors (Lipinski definition) is 1. The van der Waals surface area contributed by atoms with E-state index in [1.54, 1.807) is 48.3 Å². The second kappa shape index (κ2) is 9.45. The molecule has 0 saturated heterocycles. The van der Waals surface area contributed by atoms with Crippen LogP contribution in [0, 0.1) is 0 Å². The maximum atomic E-state index is 13.2. The van der Waals surface area contributed by atoms with E-state index in [1.165, 1.54) is 11.8 Å². The molecule has 0 radical (unpaired) electrons. The van der Waals surface area contributed by atoms with Crippen LogP contribution in [-0.4, -0.2) is 21.2 Å². The molecule has 0 spiro atoms. The molecular formula is C25H21N3O2S. The maximum absolute atomic E-state index is 13.2. The van der Waals surface area contributed by atoms with Crippen molar-refractivity contribution >= 4 is 29.1 Å². The highest BCUT2D eigenvalue weighted by Gasteiger charge is 2.22. The molecule has 6 heteroatoms. The first-order valence-electron chi connectivity index (χ1n) is 9.81. The van der Waals surface area contributed by atoms with Crippen LogP contribution in [0.4, 0.5) is 5.69 Å². The van der Waals surface area contributed by atoms with E-state index in [0.717, 1.165) is 10.5 Å². The van der Waals surface area contributed by atoms with Gasteiger partial charge in [0.15, 0.2) is 5.82 Å². The molecule has 0 unspecified atom stereocenters. The molecule has 154 valence electrons.